The van der Waals surface area contributed by atoms with Gasteiger partial charge in [0, 0.05) is 19.3 Å². The molecule has 0 atom stereocenters. The molecule has 7 heteroatoms. The summed E-state index contributed by atoms with van der Waals surface area (Å²) in [4.78, 5) is 14.4. The molecular formula is C8H9N5O2. The first-order valence-electron chi connectivity index (χ1n) is 4.25. The SMILES string of the molecule is Cc1nc(C(=O)O)nn1-c1ccn(C)n1. The number of aromatic carboxylic acids is 1. The van der Waals surface area contributed by atoms with Crippen LogP contribution in [0.1, 0.15) is 16.4 Å². The van der Waals surface area contributed by atoms with Crippen molar-refractivity contribution in [3.05, 3.63) is 23.9 Å². The Bertz CT molecular complexity index is 513. The van der Waals surface area contributed by atoms with E-state index in [1.165, 1.54) is 4.68 Å². The second kappa shape index (κ2) is 3.19. The lowest BCUT2D eigenvalue weighted by Crippen LogP contribution is -2.03. The zero-order valence-electron chi connectivity index (χ0n) is 8.25. The first kappa shape index (κ1) is 9.38. The summed E-state index contributed by atoms with van der Waals surface area (Å²) in [5.74, 6) is -0.327. The highest BCUT2D eigenvalue weighted by atomic mass is 16.4. The molecule has 0 saturated heterocycles. The fraction of sp³-hybridized carbons (Fsp3) is 0.250. The number of hydrogen-bond donors (Lipinski definition) is 1. The van der Waals surface area contributed by atoms with E-state index in [1.807, 2.05) is 0 Å². The van der Waals surface area contributed by atoms with E-state index in [9.17, 15) is 4.79 Å². The quantitative estimate of drug-likeness (QED) is 0.749. The summed E-state index contributed by atoms with van der Waals surface area (Å²) >= 11 is 0. The molecule has 0 aliphatic carbocycles. The molecule has 0 fully saturated rings. The van der Waals surface area contributed by atoms with Crippen LogP contribution in [-0.2, 0) is 7.05 Å². The standard InChI is InChI=1S/C8H9N5O2/c1-5-9-7(8(14)15)11-13(5)6-3-4-12(2)10-6/h3-4H,1-2H3,(H,14,15). The zero-order valence-corrected chi connectivity index (χ0v) is 8.25. The molecule has 1 N–H and O–H groups in total. The highest BCUT2D eigenvalue weighted by Crippen LogP contribution is 2.06. The van der Waals surface area contributed by atoms with Crippen LogP contribution in [-0.4, -0.2) is 35.6 Å². The fourth-order valence-corrected chi connectivity index (χ4v) is 1.21. The third-order valence-corrected chi connectivity index (χ3v) is 1.88. The Balaban J connectivity index is 2.49. The van der Waals surface area contributed by atoms with Crippen molar-refractivity contribution in [2.45, 2.75) is 6.92 Å². The van der Waals surface area contributed by atoms with Gasteiger partial charge < -0.3 is 5.11 Å². The van der Waals surface area contributed by atoms with Crippen molar-refractivity contribution in [1.29, 1.82) is 0 Å². The molecule has 0 spiro atoms. The van der Waals surface area contributed by atoms with Crippen LogP contribution in [0.5, 0.6) is 0 Å². The van der Waals surface area contributed by atoms with E-state index in [2.05, 4.69) is 15.2 Å². The number of nitrogens with zero attached hydrogens (tertiary/aromatic N) is 5. The van der Waals surface area contributed by atoms with E-state index < -0.39 is 5.97 Å². The number of aromatic nitrogens is 5. The highest BCUT2D eigenvalue weighted by Gasteiger charge is 2.14. The third-order valence-electron chi connectivity index (χ3n) is 1.88. The van der Waals surface area contributed by atoms with E-state index in [1.54, 1.807) is 30.9 Å². The van der Waals surface area contributed by atoms with Gasteiger partial charge in [-0.15, -0.1) is 5.10 Å². The van der Waals surface area contributed by atoms with Crippen molar-refractivity contribution in [2.75, 3.05) is 0 Å². The number of aryl methyl sites for hydroxylation is 2. The predicted molar refractivity (Wildman–Crippen MR) is 49.8 cm³/mol. The van der Waals surface area contributed by atoms with E-state index in [-0.39, 0.29) is 5.82 Å². The molecule has 78 valence electrons. The van der Waals surface area contributed by atoms with Gasteiger partial charge in [0.25, 0.3) is 5.82 Å². The molecular weight excluding hydrogens is 198 g/mol. The maximum absolute atomic E-state index is 10.6. The maximum Gasteiger partial charge on any atom is 0.375 e. The van der Waals surface area contributed by atoms with Crippen LogP contribution >= 0.6 is 0 Å². The number of rotatable bonds is 2. The molecule has 2 rings (SSSR count). The van der Waals surface area contributed by atoms with Gasteiger partial charge in [-0.2, -0.15) is 9.78 Å². The molecule has 0 aromatic carbocycles. The average Bonchev–Trinajstić information content (AvgIpc) is 2.71. The number of carboxylic acids is 1. The lowest BCUT2D eigenvalue weighted by Gasteiger charge is -1.95. The first-order valence-corrected chi connectivity index (χ1v) is 4.25. The van der Waals surface area contributed by atoms with Crippen LogP contribution in [0.25, 0.3) is 5.82 Å². The van der Waals surface area contributed by atoms with Crippen molar-refractivity contribution in [3.8, 4) is 5.82 Å². The molecule has 7 nitrogen and oxygen atoms in total. The second-order valence-electron chi connectivity index (χ2n) is 3.05. The van der Waals surface area contributed by atoms with Gasteiger partial charge in [-0.25, -0.2) is 9.78 Å². The molecule has 0 aliphatic rings. The van der Waals surface area contributed by atoms with Crippen LogP contribution in [0.4, 0.5) is 0 Å². The van der Waals surface area contributed by atoms with Gasteiger partial charge in [-0.05, 0) is 6.92 Å². The lowest BCUT2D eigenvalue weighted by molar-refractivity contribution is 0.0683. The Labute approximate surface area is 85.0 Å². The fourth-order valence-electron chi connectivity index (χ4n) is 1.21. The number of carbonyl (C=O) groups is 1. The largest absolute Gasteiger partial charge is 0.475 e. The van der Waals surface area contributed by atoms with Gasteiger partial charge in [-0.3, -0.25) is 4.68 Å². The van der Waals surface area contributed by atoms with Crippen molar-refractivity contribution in [2.24, 2.45) is 7.05 Å². The van der Waals surface area contributed by atoms with E-state index >= 15 is 0 Å². The van der Waals surface area contributed by atoms with E-state index in [0.717, 1.165) is 0 Å². The summed E-state index contributed by atoms with van der Waals surface area (Å²) in [7, 11) is 1.77. The topological polar surface area (TPSA) is 85.8 Å². The highest BCUT2D eigenvalue weighted by molar-refractivity contribution is 5.82. The van der Waals surface area contributed by atoms with Crippen LogP contribution in [0.2, 0.25) is 0 Å². The lowest BCUT2D eigenvalue weighted by atomic mass is 10.6. The summed E-state index contributed by atoms with van der Waals surface area (Å²) in [6.07, 6.45) is 1.75. The molecule has 0 bridgehead atoms. The van der Waals surface area contributed by atoms with Gasteiger partial charge in [0.2, 0.25) is 0 Å². The number of carboxylic acid groups (broad SMARTS) is 1. The summed E-state index contributed by atoms with van der Waals surface area (Å²) in [5.41, 5.74) is 0. The molecule has 15 heavy (non-hydrogen) atoms. The molecule has 0 radical (unpaired) electrons. The summed E-state index contributed by atoms with van der Waals surface area (Å²) < 4.78 is 3.00. The van der Waals surface area contributed by atoms with Crippen molar-refractivity contribution >= 4 is 5.97 Å². The first-order chi connectivity index (χ1) is 7.08. The smallest absolute Gasteiger partial charge is 0.375 e. The van der Waals surface area contributed by atoms with Crippen LogP contribution in [0, 0.1) is 6.92 Å². The molecule has 0 unspecified atom stereocenters. The molecule has 0 aliphatic heterocycles. The molecule has 0 amide bonds. The van der Waals surface area contributed by atoms with Crippen LogP contribution in [0.3, 0.4) is 0 Å². The second-order valence-corrected chi connectivity index (χ2v) is 3.05. The van der Waals surface area contributed by atoms with Crippen molar-refractivity contribution < 1.29 is 9.90 Å². The van der Waals surface area contributed by atoms with Gasteiger partial charge in [0.1, 0.15) is 5.82 Å². The maximum atomic E-state index is 10.6. The third kappa shape index (κ3) is 1.58. The van der Waals surface area contributed by atoms with Crippen molar-refractivity contribution in [3.63, 3.8) is 0 Å². The average molecular weight is 207 g/mol. The minimum atomic E-state index is -1.15. The summed E-state index contributed by atoms with van der Waals surface area (Å²) in [5, 5.41) is 16.6. The summed E-state index contributed by atoms with van der Waals surface area (Å²) in [6, 6.07) is 1.73. The Morgan fingerprint density at radius 2 is 2.20 bits per heavy atom. The van der Waals surface area contributed by atoms with Gasteiger partial charge >= 0.3 is 5.97 Å². The Hall–Kier alpha value is -2.18. The van der Waals surface area contributed by atoms with Gasteiger partial charge in [0.15, 0.2) is 5.82 Å². The minimum Gasteiger partial charge on any atom is -0.475 e. The Kier molecular flexibility index (Phi) is 2.00. The summed E-state index contributed by atoms with van der Waals surface area (Å²) in [6.45, 7) is 1.67. The number of hydrogen-bond acceptors (Lipinski definition) is 4. The molecule has 0 saturated carbocycles. The monoisotopic (exact) mass is 207 g/mol. The normalized spacial score (nSPS) is 10.5. The Morgan fingerprint density at radius 1 is 1.47 bits per heavy atom. The van der Waals surface area contributed by atoms with Crippen LogP contribution in [0.15, 0.2) is 12.3 Å². The zero-order chi connectivity index (χ0) is 11.0. The van der Waals surface area contributed by atoms with E-state index in [4.69, 9.17) is 5.11 Å². The van der Waals surface area contributed by atoms with Gasteiger partial charge in [-0.1, -0.05) is 0 Å². The predicted octanol–water partition coefficient (Wildman–Crippen LogP) is 0.00742. The Morgan fingerprint density at radius 3 is 2.67 bits per heavy atom. The minimum absolute atomic E-state index is 0.224. The van der Waals surface area contributed by atoms with Crippen molar-refractivity contribution in [1.82, 2.24) is 24.5 Å². The van der Waals surface area contributed by atoms with E-state index in [0.29, 0.717) is 11.6 Å². The van der Waals surface area contributed by atoms with Crippen LogP contribution < -0.4 is 0 Å². The molecule has 2 heterocycles. The molecule has 2 aromatic heterocycles. The molecule has 2 aromatic rings. The van der Waals surface area contributed by atoms with Gasteiger partial charge in [0.05, 0.1) is 0 Å².